The molecule has 0 saturated heterocycles. The molecule has 0 aliphatic rings. The summed E-state index contributed by atoms with van der Waals surface area (Å²) in [5.74, 6) is -0.0573. The highest BCUT2D eigenvalue weighted by Crippen LogP contribution is 2.19. The van der Waals surface area contributed by atoms with Crippen molar-refractivity contribution >= 4 is 28.4 Å². The molecular weight excluding hydrogens is 277 g/mol. The van der Waals surface area contributed by atoms with Crippen molar-refractivity contribution in [2.75, 3.05) is 0 Å². The van der Waals surface area contributed by atoms with Gasteiger partial charge < -0.3 is 0 Å². The fourth-order valence-electron chi connectivity index (χ4n) is 1.13. The number of nitrogens with zero attached hydrogens (tertiary/aromatic N) is 1. The van der Waals surface area contributed by atoms with Gasteiger partial charge in [-0.2, -0.15) is 5.26 Å². The van der Waals surface area contributed by atoms with Crippen molar-refractivity contribution in [2.24, 2.45) is 0 Å². The highest BCUT2D eigenvalue weighted by molar-refractivity contribution is 14.1. The Bertz CT molecular complexity index is 404. The minimum absolute atomic E-state index is 0.0573. The number of nitriles is 1. The summed E-state index contributed by atoms with van der Waals surface area (Å²) in [6.07, 6.45) is 0. The zero-order valence-electron chi connectivity index (χ0n) is 7.39. The molecule has 0 aromatic heterocycles. The van der Waals surface area contributed by atoms with Crippen LogP contribution < -0.4 is 0 Å². The van der Waals surface area contributed by atoms with Crippen LogP contribution in [0.3, 0.4) is 0 Å². The number of hydrogen-bond donors (Lipinski definition) is 0. The fraction of sp³-hybridized carbons (Fsp3) is 0.200. The van der Waals surface area contributed by atoms with Crippen LogP contribution in [-0.2, 0) is 0 Å². The van der Waals surface area contributed by atoms with Crippen LogP contribution in [0, 0.1) is 21.8 Å². The molecule has 0 saturated carbocycles. The van der Waals surface area contributed by atoms with E-state index < -0.39 is 0 Å². The maximum Gasteiger partial charge on any atom is 0.161 e. The number of carbonyl (C=O) groups is 1. The second kappa shape index (κ2) is 3.88. The molecule has 0 bridgehead atoms. The topological polar surface area (TPSA) is 40.9 Å². The molecular formula is C10H8INO. The number of ketones is 1. The van der Waals surface area contributed by atoms with Gasteiger partial charge in [-0.15, -0.1) is 0 Å². The van der Waals surface area contributed by atoms with Crippen molar-refractivity contribution in [1.82, 2.24) is 0 Å². The summed E-state index contributed by atoms with van der Waals surface area (Å²) >= 11 is 2.07. The lowest BCUT2D eigenvalue weighted by Gasteiger charge is -2.03. The van der Waals surface area contributed by atoms with Gasteiger partial charge in [0.05, 0.1) is 5.56 Å². The van der Waals surface area contributed by atoms with E-state index in [1.165, 1.54) is 6.92 Å². The average Bonchev–Trinajstić information content (AvgIpc) is 2.02. The number of aryl methyl sites for hydroxylation is 1. The van der Waals surface area contributed by atoms with Gasteiger partial charge in [-0.3, -0.25) is 4.79 Å². The van der Waals surface area contributed by atoms with Crippen molar-refractivity contribution in [1.29, 1.82) is 5.26 Å². The first kappa shape index (κ1) is 10.2. The third-order valence-electron chi connectivity index (χ3n) is 1.73. The fourth-order valence-corrected chi connectivity index (χ4v) is 2.04. The van der Waals surface area contributed by atoms with Gasteiger partial charge in [-0.1, -0.05) is 0 Å². The number of rotatable bonds is 1. The molecule has 0 atom stereocenters. The number of halogens is 1. The van der Waals surface area contributed by atoms with Gasteiger partial charge in [-0.25, -0.2) is 0 Å². The van der Waals surface area contributed by atoms with E-state index in [1.54, 1.807) is 6.07 Å². The third kappa shape index (κ3) is 2.07. The summed E-state index contributed by atoms with van der Waals surface area (Å²) in [5.41, 5.74) is 2.01. The second-order valence-corrected chi connectivity index (χ2v) is 4.00. The first-order chi connectivity index (χ1) is 6.06. The van der Waals surface area contributed by atoms with E-state index in [0.717, 1.165) is 9.13 Å². The summed E-state index contributed by atoms with van der Waals surface area (Å²) in [7, 11) is 0. The van der Waals surface area contributed by atoms with Crippen LogP contribution in [0.1, 0.15) is 28.4 Å². The Labute approximate surface area is 90.7 Å². The molecule has 66 valence electrons. The quantitative estimate of drug-likeness (QED) is 0.588. The highest BCUT2D eigenvalue weighted by Gasteiger charge is 2.10. The van der Waals surface area contributed by atoms with Crippen molar-refractivity contribution in [3.05, 3.63) is 32.4 Å². The number of benzene rings is 1. The number of hydrogen-bond acceptors (Lipinski definition) is 2. The van der Waals surface area contributed by atoms with E-state index in [1.807, 2.05) is 19.1 Å². The van der Waals surface area contributed by atoms with Crippen LogP contribution in [0.5, 0.6) is 0 Å². The van der Waals surface area contributed by atoms with Crippen LogP contribution in [0.25, 0.3) is 0 Å². The van der Waals surface area contributed by atoms with Crippen molar-refractivity contribution in [3.8, 4) is 6.07 Å². The predicted octanol–water partition coefficient (Wildman–Crippen LogP) is 2.67. The largest absolute Gasteiger partial charge is 0.294 e. The molecule has 0 aliphatic heterocycles. The van der Waals surface area contributed by atoms with Gasteiger partial charge in [0.15, 0.2) is 5.78 Å². The van der Waals surface area contributed by atoms with E-state index in [9.17, 15) is 4.79 Å². The average molecular weight is 285 g/mol. The lowest BCUT2D eigenvalue weighted by Crippen LogP contribution is -1.99. The van der Waals surface area contributed by atoms with Gasteiger partial charge in [0.25, 0.3) is 0 Å². The van der Waals surface area contributed by atoms with Crippen molar-refractivity contribution in [3.63, 3.8) is 0 Å². The second-order valence-electron chi connectivity index (χ2n) is 2.84. The predicted molar refractivity (Wildman–Crippen MR) is 58.6 cm³/mol. The molecule has 0 N–H and O–H groups in total. The van der Waals surface area contributed by atoms with Gasteiger partial charge in [0, 0.05) is 9.13 Å². The van der Waals surface area contributed by atoms with E-state index in [-0.39, 0.29) is 5.78 Å². The van der Waals surface area contributed by atoms with Crippen LogP contribution in [0.2, 0.25) is 0 Å². The summed E-state index contributed by atoms with van der Waals surface area (Å²) in [6, 6.07) is 5.69. The Morgan fingerprint density at radius 1 is 1.54 bits per heavy atom. The van der Waals surface area contributed by atoms with Gasteiger partial charge in [-0.05, 0) is 54.1 Å². The first-order valence-corrected chi connectivity index (χ1v) is 4.85. The SMILES string of the molecule is CC(=O)c1cc(C)cc(I)c1C#N. The molecule has 0 spiro atoms. The zero-order chi connectivity index (χ0) is 10.0. The molecule has 3 heteroatoms. The molecule has 1 rings (SSSR count). The standard InChI is InChI=1S/C10H8INO/c1-6-3-8(7(2)13)9(5-12)10(11)4-6/h3-4H,1-2H3. The molecule has 0 radical (unpaired) electrons. The maximum absolute atomic E-state index is 11.2. The molecule has 1 aromatic carbocycles. The van der Waals surface area contributed by atoms with E-state index in [4.69, 9.17) is 5.26 Å². The van der Waals surface area contributed by atoms with Crippen LogP contribution in [-0.4, -0.2) is 5.78 Å². The molecule has 0 heterocycles. The van der Waals surface area contributed by atoms with E-state index >= 15 is 0 Å². The Morgan fingerprint density at radius 3 is 2.62 bits per heavy atom. The smallest absolute Gasteiger partial charge is 0.161 e. The highest BCUT2D eigenvalue weighted by atomic mass is 127. The minimum atomic E-state index is -0.0573. The Morgan fingerprint density at radius 2 is 2.15 bits per heavy atom. The van der Waals surface area contributed by atoms with Gasteiger partial charge in [0.2, 0.25) is 0 Å². The Hall–Kier alpha value is -0.890. The molecule has 0 amide bonds. The molecule has 13 heavy (non-hydrogen) atoms. The summed E-state index contributed by atoms with van der Waals surface area (Å²) < 4.78 is 0.838. The number of carbonyl (C=O) groups excluding carboxylic acids is 1. The van der Waals surface area contributed by atoms with Gasteiger partial charge >= 0.3 is 0 Å². The molecule has 0 unspecified atom stereocenters. The van der Waals surface area contributed by atoms with Crippen LogP contribution in [0.15, 0.2) is 12.1 Å². The van der Waals surface area contributed by atoms with E-state index in [0.29, 0.717) is 11.1 Å². The molecule has 0 aliphatic carbocycles. The Kier molecular flexibility index (Phi) is 3.04. The summed E-state index contributed by atoms with van der Waals surface area (Å²) in [6.45, 7) is 3.39. The molecule has 0 fully saturated rings. The summed E-state index contributed by atoms with van der Waals surface area (Å²) in [5, 5.41) is 8.83. The zero-order valence-corrected chi connectivity index (χ0v) is 9.55. The number of Topliss-reactive ketones (excluding diaryl/α,β-unsaturated/α-hetero) is 1. The summed E-state index contributed by atoms with van der Waals surface area (Å²) in [4.78, 5) is 11.2. The maximum atomic E-state index is 11.2. The van der Waals surface area contributed by atoms with Crippen molar-refractivity contribution < 1.29 is 4.79 Å². The third-order valence-corrected chi connectivity index (χ3v) is 2.58. The molecule has 2 nitrogen and oxygen atoms in total. The van der Waals surface area contributed by atoms with Crippen molar-refractivity contribution in [2.45, 2.75) is 13.8 Å². The van der Waals surface area contributed by atoms with Crippen LogP contribution >= 0.6 is 22.6 Å². The van der Waals surface area contributed by atoms with E-state index in [2.05, 4.69) is 22.6 Å². The van der Waals surface area contributed by atoms with Crippen LogP contribution in [0.4, 0.5) is 0 Å². The normalized spacial score (nSPS) is 9.38. The monoisotopic (exact) mass is 285 g/mol. The van der Waals surface area contributed by atoms with Gasteiger partial charge in [0.1, 0.15) is 6.07 Å². The molecule has 1 aromatic rings. The first-order valence-electron chi connectivity index (χ1n) is 3.77. The minimum Gasteiger partial charge on any atom is -0.294 e. The lowest BCUT2D eigenvalue weighted by molar-refractivity contribution is 0.101. The Balaban J connectivity index is 3.50. The lowest BCUT2D eigenvalue weighted by atomic mass is 10.0.